The standard InChI is InChI=1S/C15H17BrN2O2/c1-10-5-6-11(16)8-13(10)18-9-14(19)17-7-3-2-4-12(17)15(18)20/h5-6,8,12H,2-4,7,9H2,1H3. The van der Waals surface area contributed by atoms with E-state index in [-0.39, 0.29) is 24.4 Å². The molecule has 2 aliphatic heterocycles. The zero-order valence-corrected chi connectivity index (χ0v) is 13.0. The van der Waals surface area contributed by atoms with Gasteiger partial charge in [0.1, 0.15) is 12.6 Å². The zero-order valence-electron chi connectivity index (χ0n) is 11.4. The lowest BCUT2D eigenvalue weighted by molar-refractivity contribution is -0.144. The molecule has 2 heterocycles. The summed E-state index contributed by atoms with van der Waals surface area (Å²) in [6.07, 6.45) is 2.81. The number of amides is 2. The van der Waals surface area contributed by atoms with Gasteiger partial charge in [0, 0.05) is 16.7 Å². The Labute approximate surface area is 126 Å². The summed E-state index contributed by atoms with van der Waals surface area (Å²) in [6.45, 7) is 2.85. The Morgan fingerprint density at radius 2 is 2.05 bits per heavy atom. The molecule has 5 heteroatoms. The highest BCUT2D eigenvalue weighted by atomic mass is 79.9. The van der Waals surface area contributed by atoms with Crippen molar-refractivity contribution in [1.29, 1.82) is 0 Å². The van der Waals surface area contributed by atoms with Gasteiger partial charge in [-0.1, -0.05) is 22.0 Å². The summed E-state index contributed by atoms with van der Waals surface area (Å²) in [5.41, 5.74) is 1.85. The maximum absolute atomic E-state index is 12.7. The largest absolute Gasteiger partial charge is 0.329 e. The van der Waals surface area contributed by atoms with E-state index < -0.39 is 0 Å². The molecule has 0 radical (unpaired) electrons. The van der Waals surface area contributed by atoms with Crippen molar-refractivity contribution in [2.24, 2.45) is 0 Å². The molecule has 2 amide bonds. The summed E-state index contributed by atoms with van der Waals surface area (Å²) < 4.78 is 0.921. The zero-order chi connectivity index (χ0) is 14.3. The van der Waals surface area contributed by atoms with E-state index in [9.17, 15) is 9.59 Å². The molecule has 0 bridgehead atoms. The Balaban J connectivity index is 1.96. The van der Waals surface area contributed by atoms with Gasteiger partial charge in [-0.2, -0.15) is 0 Å². The molecule has 1 aromatic carbocycles. The number of piperidine rings is 1. The molecule has 3 rings (SSSR count). The Bertz CT molecular complexity index is 573. The van der Waals surface area contributed by atoms with Gasteiger partial charge < -0.3 is 9.80 Å². The number of anilines is 1. The first-order chi connectivity index (χ1) is 9.58. The summed E-state index contributed by atoms with van der Waals surface area (Å²) in [5.74, 6) is 0.124. The number of aryl methyl sites for hydroxylation is 1. The van der Waals surface area contributed by atoms with Crippen molar-refractivity contribution in [2.45, 2.75) is 32.2 Å². The number of carbonyl (C=O) groups is 2. The molecule has 1 aromatic rings. The van der Waals surface area contributed by atoms with Crippen molar-refractivity contribution in [1.82, 2.24) is 4.90 Å². The van der Waals surface area contributed by atoms with Crippen LogP contribution in [0.25, 0.3) is 0 Å². The van der Waals surface area contributed by atoms with E-state index in [1.165, 1.54) is 0 Å². The molecule has 0 spiro atoms. The molecule has 4 nitrogen and oxygen atoms in total. The van der Waals surface area contributed by atoms with Gasteiger partial charge in [0.2, 0.25) is 11.8 Å². The van der Waals surface area contributed by atoms with Crippen LogP contribution in [-0.4, -0.2) is 35.8 Å². The molecule has 0 aliphatic carbocycles. The van der Waals surface area contributed by atoms with Gasteiger partial charge in [0.25, 0.3) is 0 Å². The smallest absolute Gasteiger partial charge is 0.250 e. The van der Waals surface area contributed by atoms with Crippen LogP contribution in [0, 0.1) is 6.92 Å². The van der Waals surface area contributed by atoms with Crippen molar-refractivity contribution >= 4 is 33.4 Å². The van der Waals surface area contributed by atoms with Crippen molar-refractivity contribution in [2.75, 3.05) is 18.0 Å². The second kappa shape index (κ2) is 5.20. The highest BCUT2D eigenvalue weighted by Gasteiger charge is 2.41. The molecular weight excluding hydrogens is 320 g/mol. The summed E-state index contributed by atoms with van der Waals surface area (Å²) in [6, 6.07) is 5.56. The Kier molecular flexibility index (Phi) is 3.54. The first-order valence-electron chi connectivity index (χ1n) is 6.95. The summed E-state index contributed by atoms with van der Waals surface area (Å²) in [4.78, 5) is 28.4. The molecule has 0 N–H and O–H groups in total. The van der Waals surface area contributed by atoms with Gasteiger partial charge in [-0.25, -0.2) is 0 Å². The SMILES string of the molecule is Cc1ccc(Br)cc1N1CC(=O)N2CCCCC2C1=O. The lowest BCUT2D eigenvalue weighted by Gasteiger charge is -2.43. The maximum atomic E-state index is 12.7. The van der Waals surface area contributed by atoms with Crippen molar-refractivity contribution < 1.29 is 9.59 Å². The fourth-order valence-corrected chi connectivity index (χ4v) is 3.40. The number of fused-ring (bicyclic) bond motifs is 1. The monoisotopic (exact) mass is 336 g/mol. The lowest BCUT2D eigenvalue weighted by atomic mass is 9.97. The third-order valence-corrected chi connectivity index (χ3v) is 4.62. The summed E-state index contributed by atoms with van der Waals surface area (Å²) in [7, 11) is 0. The van der Waals surface area contributed by atoms with Gasteiger partial charge in [0.05, 0.1) is 0 Å². The summed E-state index contributed by atoms with van der Waals surface area (Å²) >= 11 is 3.43. The topological polar surface area (TPSA) is 40.6 Å². The van der Waals surface area contributed by atoms with Crippen LogP contribution < -0.4 is 4.90 Å². The number of hydrogen-bond donors (Lipinski definition) is 0. The number of benzene rings is 1. The molecule has 2 fully saturated rings. The fourth-order valence-electron chi connectivity index (χ4n) is 3.05. The quantitative estimate of drug-likeness (QED) is 0.790. The Morgan fingerprint density at radius 1 is 1.25 bits per heavy atom. The number of hydrogen-bond acceptors (Lipinski definition) is 2. The van der Waals surface area contributed by atoms with E-state index in [0.29, 0.717) is 0 Å². The van der Waals surface area contributed by atoms with E-state index in [1.54, 1.807) is 9.80 Å². The van der Waals surface area contributed by atoms with Gasteiger partial charge in [-0.3, -0.25) is 9.59 Å². The summed E-state index contributed by atoms with van der Waals surface area (Å²) in [5, 5.41) is 0. The molecule has 2 saturated heterocycles. The minimum absolute atomic E-state index is 0.0606. The Morgan fingerprint density at radius 3 is 2.85 bits per heavy atom. The van der Waals surface area contributed by atoms with Gasteiger partial charge in [-0.05, 0) is 43.9 Å². The molecular formula is C15H17BrN2O2. The van der Waals surface area contributed by atoms with Crippen LogP contribution in [0.15, 0.2) is 22.7 Å². The van der Waals surface area contributed by atoms with Crippen LogP contribution in [0.5, 0.6) is 0 Å². The number of rotatable bonds is 1. The van der Waals surface area contributed by atoms with Crippen molar-refractivity contribution in [3.63, 3.8) is 0 Å². The van der Waals surface area contributed by atoms with Gasteiger partial charge in [0.15, 0.2) is 0 Å². The van der Waals surface area contributed by atoms with E-state index in [4.69, 9.17) is 0 Å². The third kappa shape index (κ3) is 2.24. The van der Waals surface area contributed by atoms with Crippen LogP contribution in [0.2, 0.25) is 0 Å². The fraction of sp³-hybridized carbons (Fsp3) is 0.467. The van der Waals surface area contributed by atoms with Crippen LogP contribution in [0.3, 0.4) is 0 Å². The maximum Gasteiger partial charge on any atom is 0.250 e. The van der Waals surface area contributed by atoms with Crippen LogP contribution in [-0.2, 0) is 9.59 Å². The molecule has 0 aromatic heterocycles. The number of nitrogens with zero attached hydrogens (tertiary/aromatic N) is 2. The average molecular weight is 337 g/mol. The van der Waals surface area contributed by atoms with Crippen LogP contribution in [0.1, 0.15) is 24.8 Å². The van der Waals surface area contributed by atoms with Crippen molar-refractivity contribution in [3.05, 3.63) is 28.2 Å². The molecule has 2 aliphatic rings. The lowest BCUT2D eigenvalue weighted by Crippen LogP contribution is -2.61. The predicted octanol–water partition coefficient (Wildman–Crippen LogP) is 2.49. The minimum Gasteiger partial charge on any atom is -0.329 e. The van der Waals surface area contributed by atoms with Crippen molar-refractivity contribution in [3.8, 4) is 0 Å². The third-order valence-electron chi connectivity index (χ3n) is 4.13. The highest BCUT2D eigenvalue weighted by Crippen LogP contribution is 2.30. The van der Waals surface area contributed by atoms with E-state index in [2.05, 4.69) is 15.9 Å². The molecule has 0 saturated carbocycles. The molecule has 106 valence electrons. The van der Waals surface area contributed by atoms with E-state index in [0.717, 1.165) is 41.5 Å². The first kappa shape index (κ1) is 13.6. The van der Waals surface area contributed by atoms with E-state index >= 15 is 0 Å². The average Bonchev–Trinajstić information content (AvgIpc) is 2.46. The second-order valence-electron chi connectivity index (χ2n) is 5.45. The van der Waals surface area contributed by atoms with Crippen LogP contribution in [0.4, 0.5) is 5.69 Å². The molecule has 20 heavy (non-hydrogen) atoms. The molecule has 1 unspecified atom stereocenters. The minimum atomic E-state index is -0.261. The predicted molar refractivity (Wildman–Crippen MR) is 80.6 cm³/mol. The Hall–Kier alpha value is -1.36. The normalized spacial score (nSPS) is 23.0. The first-order valence-corrected chi connectivity index (χ1v) is 7.74. The molecule has 1 atom stereocenters. The second-order valence-corrected chi connectivity index (χ2v) is 6.37. The highest BCUT2D eigenvalue weighted by molar-refractivity contribution is 9.10. The number of halogens is 1. The van der Waals surface area contributed by atoms with Gasteiger partial charge >= 0.3 is 0 Å². The van der Waals surface area contributed by atoms with Crippen LogP contribution >= 0.6 is 15.9 Å². The van der Waals surface area contributed by atoms with E-state index in [1.807, 2.05) is 25.1 Å². The van der Waals surface area contributed by atoms with Gasteiger partial charge in [-0.15, -0.1) is 0 Å². The number of carbonyl (C=O) groups excluding carboxylic acids is 2. The number of piperazine rings is 1.